The molecule has 3 aromatic rings. The van der Waals surface area contributed by atoms with Crippen molar-refractivity contribution >= 4 is 11.9 Å². The van der Waals surface area contributed by atoms with E-state index in [2.05, 4.69) is 5.10 Å². The van der Waals surface area contributed by atoms with Crippen LogP contribution in [0.2, 0.25) is 0 Å². The highest BCUT2D eigenvalue weighted by molar-refractivity contribution is 5.93. The van der Waals surface area contributed by atoms with Crippen molar-refractivity contribution in [2.45, 2.75) is 32.8 Å². The molecule has 0 saturated carbocycles. The number of nitrogens with zero attached hydrogens (tertiary/aromatic N) is 2. The molecule has 7 nitrogen and oxygen atoms in total. The van der Waals surface area contributed by atoms with Crippen LogP contribution in [0.3, 0.4) is 0 Å². The molecular weight excluding hydrogens is 372 g/mol. The molecule has 0 amide bonds. The van der Waals surface area contributed by atoms with Gasteiger partial charge >= 0.3 is 11.9 Å². The van der Waals surface area contributed by atoms with Gasteiger partial charge < -0.3 is 14.2 Å². The Morgan fingerprint density at radius 2 is 1.90 bits per heavy atom. The largest absolute Gasteiger partial charge is 0.457 e. The SMILES string of the molecule is CC1(C)OC(=O)c2ccc(Cn3cc(C(=O)OCc4ccccc4)cn3)cc2O1. The molecule has 0 saturated heterocycles. The molecule has 29 heavy (non-hydrogen) atoms. The number of ether oxygens (including phenoxy) is 3. The van der Waals surface area contributed by atoms with Gasteiger partial charge in [0.2, 0.25) is 5.79 Å². The first-order valence-corrected chi connectivity index (χ1v) is 9.18. The number of cyclic esters (lactones) is 1. The number of hydrogen-bond donors (Lipinski definition) is 0. The van der Waals surface area contributed by atoms with Crippen LogP contribution in [0.4, 0.5) is 0 Å². The summed E-state index contributed by atoms with van der Waals surface area (Å²) in [7, 11) is 0. The lowest BCUT2D eigenvalue weighted by Crippen LogP contribution is -2.38. The van der Waals surface area contributed by atoms with E-state index in [-0.39, 0.29) is 6.61 Å². The van der Waals surface area contributed by atoms with Gasteiger partial charge in [-0.2, -0.15) is 5.10 Å². The monoisotopic (exact) mass is 392 g/mol. The lowest BCUT2D eigenvalue weighted by atomic mass is 10.1. The van der Waals surface area contributed by atoms with Crippen LogP contribution in [-0.4, -0.2) is 27.5 Å². The van der Waals surface area contributed by atoms with E-state index in [0.717, 1.165) is 11.1 Å². The van der Waals surface area contributed by atoms with Gasteiger partial charge in [0.15, 0.2) is 0 Å². The second kappa shape index (κ2) is 7.43. The van der Waals surface area contributed by atoms with Crippen molar-refractivity contribution in [2.75, 3.05) is 0 Å². The van der Waals surface area contributed by atoms with Gasteiger partial charge in [-0.25, -0.2) is 9.59 Å². The molecule has 7 heteroatoms. The number of carbonyl (C=O) groups is 2. The third-order valence-corrected chi connectivity index (χ3v) is 4.39. The molecule has 0 fully saturated rings. The maximum atomic E-state index is 12.2. The van der Waals surface area contributed by atoms with Crippen molar-refractivity contribution in [1.82, 2.24) is 9.78 Å². The molecule has 0 N–H and O–H groups in total. The van der Waals surface area contributed by atoms with Crippen LogP contribution in [0.25, 0.3) is 0 Å². The lowest BCUT2D eigenvalue weighted by Gasteiger charge is -2.31. The second-order valence-electron chi connectivity index (χ2n) is 7.21. The Balaban J connectivity index is 1.43. The van der Waals surface area contributed by atoms with E-state index in [1.54, 1.807) is 42.9 Å². The standard InChI is InChI=1S/C22H20N2O5/c1-22(2)28-19-10-16(8-9-18(19)21(26)29-22)12-24-13-17(11-23-24)20(25)27-14-15-6-4-3-5-7-15/h3-11,13H,12,14H2,1-2H3. The molecule has 2 heterocycles. The predicted molar refractivity (Wildman–Crippen MR) is 103 cm³/mol. The van der Waals surface area contributed by atoms with Crippen molar-refractivity contribution < 1.29 is 23.8 Å². The number of fused-ring (bicyclic) bond motifs is 1. The second-order valence-corrected chi connectivity index (χ2v) is 7.21. The van der Waals surface area contributed by atoms with Crippen molar-refractivity contribution in [3.05, 3.63) is 83.2 Å². The number of rotatable bonds is 5. The van der Waals surface area contributed by atoms with E-state index in [0.29, 0.717) is 23.4 Å². The Morgan fingerprint density at radius 3 is 2.69 bits per heavy atom. The number of benzene rings is 2. The first kappa shape index (κ1) is 18.7. The summed E-state index contributed by atoms with van der Waals surface area (Å²) in [6, 6.07) is 14.7. The van der Waals surface area contributed by atoms with Gasteiger partial charge in [0.25, 0.3) is 0 Å². The normalized spacial score (nSPS) is 14.5. The summed E-state index contributed by atoms with van der Waals surface area (Å²) in [4.78, 5) is 24.3. The lowest BCUT2D eigenvalue weighted by molar-refractivity contribution is -0.127. The average molecular weight is 392 g/mol. The fourth-order valence-corrected chi connectivity index (χ4v) is 3.03. The zero-order chi connectivity index (χ0) is 20.4. The van der Waals surface area contributed by atoms with Gasteiger partial charge in [-0.05, 0) is 23.3 Å². The van der Waals surface area contributed by atoms with Gasteiger partial charge in [-0.3, -0.25) is 4.68 Å². The van der Waals surface area contributed by atoms with E-state index in [4.69, 9.17) is 14.2 Å². The molecular formula is C22H20N2O5. The van der Waals surface area contributed by atoms with Crippen LogP contribution in [0, 0.1) is 0 Å². The molecule has 0 aliphatic carbocycles. The Bertz CT molecular complexity index is 1060. The smallest absolute Gasteiger partial charge is 0.345 e. The van der Waals surface area contributed by atoms with E-state index >= 15 is 0 Å². The molecule has 0 radical (unpaired) electrons. The van der Waals surface area contributed by atoms with Crippen LogP contribution < -0.4 is 4.74 Å². The number of carbonyl (C=O) groups excluding carboxylic acids is 2. The van der Waals surface area contributed by atoms with Crippen LogP contribution in [-0.2, 0) is 22.6 Å². The van der Waals surface area contributed by atoms with Crippen molar-refractivity contribution in [3.8, 4) is 5.75 Å². The number of aromatic nitrogens is 2. The summed E-state index contributed by atoms with van der Waals surface area (Å²) in [6.45, 7) is 3.99. The zero-order valence-corrected chi connectivity index (χ0v) is 16.1. The van der Waals surface area contributed by atoms with E-state index in [1.165, 1.54) is 6.20 Å². The third-order valence-electron chi connectivity index (χ3n) is 4.39. The molecule has 0 spiro atoms. The van der Waals surface area contributed by atoms with Gasteiger partial charge in [0, 0.05) is 20.0 Å². The maximum absolute atomic E-state index is 12.2. The topological polar surface area (TPSA) is 79.7 Å². The molecule has 0 bridgehead atoms. The average Bonchev–Trinajstić information content (AvgIpc) is 3.14. The van der Waals surface area contributed by atoms with Crippen LogP contribution in [0.1, 0.15) is 45.7 Å². The quantitative estimate of drug-likeness (QED) is 0.618. The van der Waals surface area contributed by atoms with Crippen molar-refractivity contribution in [3.63, 3.8) is 0 Å². The summed E-state index contributed by atoms with van der Waals surface area (Å²) in [5.41, 5.74) is 2.56. The fraction of sp³-hybridized carbons (Fsp3) is 0.227. The summed E-state index contributed by atoms with van der Waals surface area (Å²) in [5, 5.41) is 4.23. The number of esters is 2. The molecule has 1 aliphatic rings. The minimum atomic E-state index is -1.01. The minimum Gasteiger partial charge on any atom is -0.457 e. The summed E-state index contributed by atoms with van der Waals surface area (Å²) in [5.74, 6) is -1.38. The highest BCUT2D eigenvalue weighted by Crippen LogP contribution is 2.32. The summed E-state index contributed by atoms with van der Waals surface area (Å²) >= 11 is 0. The van der Waals surface area contributed by atoms with Gasteiger partial charge in [-0.15, -0.1) is 0 Å². The molecule has 1 aliphatic heterocycles. The Labute approximate surface area is 167 Å². The minimum absolute atomic E-state index is 0.207. The molecule has 0 unspecified atom stereocenters. The summed E-state index contributed by atoms with van der Waals surface area (Å²) in [6.07, 6.45) is 3.11. The molecule has 4 rings (SSSR count). The first-order chi connectivity index (χ1) is 13.9. The molecule has 2 aromatic carbocycles. The van der Waals surface area contributed by atoms with Crippen molar-refractivity contribution in [2.24, 2.45) is 0 Å². The highest BCUT2D eigenvalue weighted by atomic mass is 16.7. The van der Waals surface area contributed by atoms with Gasteiger partial charge in [-0.1, -0.05) is 36.4 Å². The fourth-order valence-electron chi connectivity index (χ4n) is 3.03. The molecule has 148 valence electrons. The van der Waals surface area contributed by atoms with Crippen LogP contribution in [0.5, 0.6) is 5.75 Å². The molecule has 1 aromatic heterocycles. The maximum Gasteiger partial charge on any atom is 0.345 e. The number of hydrogen-bond acceptors (Lipinski definition) is 6. The van der Waals surface area contributed by atoms with Crippen LogP contribution in [0.15, 0.2) is 60.9 Å². The van der Waals surface area contributed by atoms with Crippen LogP contribution >= 0.6 is 0 Å². The third kappa shape index (κ3) is 4.29. The van der Waals surface area contributed by atoms with E-state index in [1.807, 2.05) is 30.3 Å². The Kier molecular flexibility index (Phi) is 4.80. The van der Waals surface area contributed by atoms with Gasteiger partial charge in [0.05, 0.1) is 18.3 Å². The zero-order valence-electron chi connectivity index (χ0n) is 16.1. The Morgan fingerprint density at radius 1 is 1.10 bits per heavy atom. The highest BCUT2D eigenvalue weighted by Gasteiger charge is 2.33. The summed E-state index contributed by atoms with van der Waals surface area (Å²) < 4.78 is 17.9. The van der Waals surface area contributed by atoms with Crippen molar-refractivity contribution in [1.29, 1.82) is 0 Å². The molecule has 0 atom stereocenters. The van der Waals surface area contributed by atoms with E-state index in [9.17, 15) is 9.59 Å². The van der Waals surface area contributed by atoms with E-state index < -0.39 is 17.7 Å². The van der Waals surface area contributed by atoms with Gasteiger partial charge in [0.1, 0.15) is 17.9 Å². The predicted octanol–water partition coefficient (Wildman–Crippen LogP) is 3.57. The Hall–Kier alpha value is -3.61. The first-order valence-electron chi connectivity index (χ1n) is 9.18.